The monoisotopic (exact) mass is 752 g/mol. The number of carbonyl (C=O) groups is 6. The van der Waals surface area contributed by atoms with E-state index in [0.717, 1.165) is 44.9 Å². The Morgan fingerprint density at radius 1 is 0.833 bits per heavy atom. The van der Waals surface area contributed by atoms with Crippen molar-refractivity contribution in [2.75, 3.05) is 20.8 Å². The molecule has 1 fully saturated rings. The van der Waals surface area contributed by atoms with Crippen LogP contribution in [0.15, 0.2) is 54.8 Å². The minimum atomic E-state index is -1.60. The van der Waals surface area contributed by atoms with Crippen LogP contribution in [0, 0.1) is 11.8 Å². The molecule has 0 radical (unpaired) electrons. The third-order valence-corrected chi connectivity index (χ3v) is 8.80. The third-order valence-electron chi connectivity index (χ3n) is 8.80. The van der Waals surface area contributed by atoms with Gasteiger partial charge in [-0.25, -0.2) is 14.6 Å². The molecule has 0 saturated carbocycles. The van der Waals surface area contributed by atoms with Gasteiger partial charge >= 0.3 is 35.8 Å². The second-order valence-corrected chi connectivity index (χ2v) is 12.4. The number of esters is 6. The highest BCUT2D eigenvalue weighted by Gasteiger charge is 2.54. The highest BCUT2D eigenvalue weighted by atomic mass is 16.8. The highest BCUT2D eigenvalue weighted by Crippen LogP contribution is 2.40. The van der Waals surface area contributed by atoms with E-state index in [1.54, 1.807) is 6.07 Å². The van der Waals surface area contributed by atoms with Gasteiger partial charge in [0.1, 0.15) is 18.4 Å². The first-order valence-corrected chi connectivity index (χ1v) is 16.8. The Morgan fingerprint density at radius 3 is 2.11 bits per heavy atom. The van der Waals surface area contributed by atoms with E-state index < -0.39 is 91.3 Å². The summed E-state index contributed by atoms with van der Waals surface area (Å²) in [6.45, 7) is 7.94. The van der Waals surface area contributed by atoms with Gasteiger partial charge in [-0.05, 0) is 18.6 Å². The molecule has 4 heterocycles. The summed E-state index contributed by atoms with van der Waals surface area (Å²) in [5.74, 6) is -6.26. The van der Waals surface area contributed by atoms with Gasteiger partial charge in [0.25, 0.3) is 0 Å². The van der Waals surface area contributed by atoms with Crippen LogP contribution in [-0.4, -0.2) is 104 Å². The fraction of sp³-hybridized carbons (Fsp3) is 0.432. The van der Waals surface area contributed by atoms with Gasteiger partial charge in [0.15, 0.2) is 18.3 Å². The maximum atomic E-state index is 13.2. The van der Waals surface area contributed by atoms with E-state index in [9.17, 15) is 28.8 Å². The number of aromatic amines is 1. The van der Waals surface area contributed by atoms with E-state index in [0.29, 0.717) is 16.6 Å². The molecule has 17 heteroatoms. The maximum absolute atomic E-state index is 13.2. The average molecular weight is 753 g/mol. The number of carbonyl (C=O) groups excluding carboxylic acids is 6. The van der Waals surface area contributed by atoms with Crippen LogP contribution in [0.1, 0.15) is 43.9 Å². The largest absolute Gasteiger partial charge is 0.471 e. The molecule has 54 heavy (non-hydrogen) atoms. The third kappa shape index (κ3) is 8.52. The average Bonchev–Trinajstić information content (AvgIpc) is 3.51. The van der Waals surface area contributed by atoms with Crippen LogP contribution >= 0.6 is 0 Å². The Morgan fingerprint density at radius 2 is 1.48 bits per heavy atom. The Kier molecular flexibility index (Phi) is 12.3. The van der Waals surface area contributed by atoms with Gasteiger partial charge in [-0.3, -0.25) is 19.2 Å². The van der Waals surface area contributed by atoms with Crippen molar-refractivity contribution in [3.05, 3.63) is 66.2 Å². The van der Waals surface area contributed by atoms with Gasteiger partial charge in [0.05, 0.1) is 37.3 Å². The van der Waals surface area contributed by atoms with Crippen molar-refractivity contribution in [1.82, 2.24) is 9.97 Å². The van der Waals surface area contributed by atoms with Gasteiger partial charge in [-0.1, -0.05) is 24.3 Å². The van der Waals surface area contributed by atoms with Gasteiger partial charge < -0.3 is 47.6 Å². The Hall–Kier alpha value is -5.81. The molecule has 1 aromatic carbocycles. The zero-order valence-corrected chi connectivity index (χ0v) is 30.4. The molecule has 17 nitrogen and oxygen atoms in total. The van der Waals surface area contributed by atoms with Crippen LogP contribution in [0.5, 0.6) is 0 Å². The quantitative estimate of drug-likeness (QED) is 0.160. The van der Waals surface area contributed by atoms with E-state index >= 15 is 0 Å². The number of aromatic nitrogens is 2. The summed E-state index contributed by atoms with van der Waals surface area (Å²) >= 11 is 0. The van der Waals surface area contributed by atoms with Crippen molar-refractivity contribution in [3.8, 4) is 0 Å². The van der Waals surface area contributed by atoms with Crippen LogP contribution in [0.2, 0.25) is 0 Å². The fourth-order valence-corrected chi connectivity index (χ4v) is 6.58. The molecule has 2 aromatic heterocycles. The molecule has 1 saturated heterocycles. The molecule has 5 rings (SSSR count). The molecule has 1 N–H and O–H groups in total. The van der Waals surface area contributed by atoms with Crippen LogP contribution in [-0.2, 0) is 73.0 Å². The highest BCUT2D eigenvalue weighted by molar-refractivity contribution is 6.09. The van der Waals surface area contributed by atoms with Gasteiger partial charge in [0.2, 0.25) is 12.6 Å². The zero-order valence-electron chi connectivity index (χ0n) is 30.4. The lowest BCUT2D eigenvalue weighted by Gasteiger charge is -2.45. The number of hydrogen-bond donors (Lipinski definition) is 1. The van der Waals surface area contributed by atoms with E-state index in [1.807, 2.05) is 24.3 Å². The summed E-state index contributed by atoms with van der Waals surface area (Å²) in [7, 11) is 2.44. The first kappa shape index (κ1) is 39.4. The van der Waals surface area contributed by atoms with Gasteiger partial charge in [-0.15, -0.1) is 6.58 Å². The van der Waals surface area contributed by atoms with Crippen LogP contribution < -0.4 is 0 Å². The minimum absolute atomic E-state index is 0.00751. The van der Waals surface area contributed by atoms with E-state index in [2.05, 4.69) is 16.5 Å². The number of nitrogens with zero attached hydrogens (tertiary/aromatic N) is 1. The van der Waals surface area contributed by atoms with E-state index in [4.69, 9.17) is 42.6 Å². The second kappa shape index (κ2) is 16.9. The number of para-hydroxylation sites is 1. The maximum Gasteiger partial charge on any atom is 0.356 e. The number of rotatable bonds is 12. The number of fused-ring (bicyclic) bond motifs is 3. The van der Waals surface area contributed by atoms with Crippen molar-refractivity contribution in [2.45, 2.75) is 71.1 Å². The number of ether oxygens (including phenoxy) is 9. The Labute approximate surface area is 308 Å². The summed E-state index contributed by atoms with van der Waals surface area (Å²) in [5.41, 5.74) is 1.88. The minimum Gasteiger partial charge on any atom is -0.471 e. The molecule has 0 spiro atoms. The molecule has 8 atom stereocenters. The fourth-order valence-electron chi connectivity index (χ4n) is 6.58. The van der Waals surface area contributed by atoms with Crippen molar-refractivity contribution < 1.29 is 71.4 Å². The molecule has 2 aliphatic rings. The van der Waals surface area contributed by atoms with Crippen LogP contribution in [0.25, 0.3) is 21.8 Å². The summed E-state index contributed by atoms with van der Waals surface area (Å²) in [5, 5.41) is 1.51. The van der Waals surface area contributed by atoms with Gasteiger partial charge in [0, 0.05) is 55.8 Å². The van der Waals surface area contributed by atoms with Crippen molar-refractivity contribution >= 4 is 57.6 Å². The van der Waals surface area contributed by atoms with Crippen molar-refractivity contribution in [1.29, 1.82) is 0 Å². The molecule has 2 aliphatic heterocycles. The second-order valence-electron chi connectivity index (χ2n) is 12.4. The summed E-state index contributed by atoms with van der Waals surface area (Å²) in [6.07, 6.45) is -6.05. The molecule has 288 valence electrons. The molecule has 8 unspecified atom stereocenters. The Balaban J connectivity index is 1.57. The van der Waals surface area contributed by atoms with E-state index in [1.165, 1.54) is 20.3 Å². The number of methoxy groups -OCH3 is 2. The molecule has 3 aromatic rings. The molecule has 0 aliphatic carbocycles. The predicted molar refractivity (Wildman–Crippen MR) is 184 cm³/mol. The Bertz CT molecular complexity index is 1990. The van der Waals surface area contributed by atoms with Crippen LogP contribution in [0.4, 0.5) is 0 Å². The normalized spacial score (nSPS) is 25.0. The molecule has 0 amide bonds. The molecule has 0 bridgehead atoms. The summed E-state index contributed by atoms with van der Waals surface area (Å²) in [4.78, 5) is 82.7. The number of H-pyrrole nitrogens is 1. The van der Waals surface area contributed by atoms with Crippen LogP contribution in [0.3, 0.4) is 0 Å². The lowest BCUT2D eigenvalue weighted by Crippen LogP contribution is -2.63. The predicted octanol–water partition coefficient (Wildman–Crippen LogP) is 2.98. The smallest absolute Gasteiger partial charge is 0.356 e. The first-order chi connectivity index (χ1) is 25.8. The summed E-state index contributed by atoms with van der Waals surface area (Å²) in [6, 6.07) is 9.08. The first-order valence-electron chi connectivity index (χ1n) is 16.8. The van der Waals surface area contributed by atoms with E-state index in [-0.39, 0.29) is 17.7 Å². The van der Waals surface area contributed by atoms with Crippen molar-refractivity contribution in [2.24, 2.45) is 11.8 Å². The summed E-state index contributed by atoms with van der Waals surface area (Å²) < 4.78 is 50.1. The topological polar surface area (TPSA) is 214 Å². The number of benzene rings is 1. The van der Waals surface area contributed by atoms with Gasteiger partial charge in [-0.2, -0.15) is 0 Å². The number of nitrogens with one attached hydrogen (secondary N) is 1. The molecular formula is C37H40N2O15. The van der Waals surface area contributed by atoms with Crippen molar-refractivity contribution in [3.63, 3.8) is 0 Å². The SMILES string of the molecule is C=CC1C(OC2OC(COC(C)=O)C(OC(C)=O)C(OC(C)=O)C2OC(C)=O)OC=C(C(=O)OC)C1Cc1nc(C(=O)OC)cc2c1[nH]c1ccccc12. The number of pyridine rings is 1. The lowest BCUT2D eigenvalue weighted by molar-refractivity contribution is -0.342. The standard InChI is InChI=1S/C37H40N2O15/c1-8-21-23(13-27-30-24(14-28(38-27)35(45)47-7)22-11-9-10-12-26(22)39-30)25(34(44)46-6)15-49-36(21)54-37-33(52-20(5)43)32(51-19(4)42)31(50-18(3)41)29(53-37)16-48-17(2)40/h8-12,14-15,21,23,29,31-33,36-37,39H,1,13,16H2,2-7H3. The molecular weight excluding hydrogens is 712 g/mol. The lowest BCUT2D eigenvalue weighted by atomic mass is 9.80. The zero-order chi connectivity index (χ0) is 39.3. The number of hydrogen-bond acceptors (Lipinski definition) is 16.